The molecule has 0 heterocycles. The number of hydrogen-bond donors (Lipinski definition) is 2. The van der Waals surface area contributed by atoms with Gasteiger partial charge in [0.15, 0.2) is 5.84 Å². The van der Waals surface area contributed by atoms with Crippen LogP contribution in [-0.4, -0.2) is 18.2 Å². The van der Waals surface area contributed by atoms with Gasteiger partial charge in [-0.2, -0.15) is 0 Å². The summed E-state index contributed by atoms with van der Waals surface area (Å²) in [5.74, 6) is 1.61. The summed E-state index contributed by atoms with van der Waals surface area (Å²) >= 11 is 5.11. The Balaban J connectivity index is 2.19. The summed E-state index contributed by atoms with van der Waals surface area (Å²) in [6.45, 7) is 0. The molecule has 110 valence electrons. The van der Waals surface area contributed by atoms with Crippen molar-refractivity contribution in [1.82, 2.24) is 0 Å². The van der Waals surface area contributed by atoms with Gasteiger partial charge in [-0.15, -0.1) is 11.8 Å². The predicted molar refractivity (Wildman–Crippen MR) is 89.2 cm³/mol. The molecule has 0 aromatic heterocycles. The average Bonchev–Trinajstić information content (AvgIpc) is 2.53. The van der Waals surface area contributed by atoms with E-state index < -0.39 is 0 Å². The van der Waals surface area contributed by atoms with E-state index >= 15 is 0 Å². The van der Waals surface area contributed by atoms with E-state index in [0.717, 1.165) is 26.4 Å². The zero-order valence-electron chi connectivity index (χ0n) is 11.4. The molecule has 2 aromatic carbocycles. The van der Waals surface area contributed by atoms with E-state index in [-0.39, 0.29) is 5.84 Å². The van der Waals surface area contributed by atoms with Crippen LogP contribution < -0.4 is 10.5 Å². The summed E-state index contributed by atoms with van der Waals surface area (Å²) in [7, 11) is 1.63. The quantitative estimate of drug-likeness (QED) is 0.277. The van der Waals surface area contributed by atoms with Gasteiger partial charge >= 0.3 is 0 Å². The van der Waals surface area contributed by atoms with Crippen molar-refractivity contribution >= 4 is 33.5 Å². The fourth-order valence-corrected chi connectivity index (χ4v) is 2.94. The maximum Gasteiger partial charge on any atom is 0.170 e. The largest absolute Gasteiger partial charge is 0.496 e. The summed E-state index contributed by atoms with van der Waals surface area (Å²) in [4.78, 5) is 1.16. The Hall–Kier alpha value is -1.66. The van der Waals surface area contributed by atoms with E-state index in [0.29, 0.717) is 5.56 Å². The highest BCUT2D eigenvalue weighted by Gasteiger charge is 2.08. The third-order valence-corrected chi connectivity index (χ3v) is 4.48. The standard InChI is InChI=1S/C15H15BrN2O2S/c1-20-14-7-2-10(15(17)18-19)8-11(14)9-21-13-5-3-12(16)4-6-13/h2-8,19H,9H2,1H3,(H2,17,18). The second-order valence-corrected chi connectivity index (χ2v) is 6.22. The Bertz CT molecular complexity index is 645. The molecule has 3 N–H and O–H groups in total. The van der Waals surface area contributed by atoms with Crippen molar-refractivity contribution in [1.29, 1.82) is 0 Å². The van der Waals surface area contributed by atoms with Crippen molar-refractivity contribution in [2.45, 2.75) is 10.6 Å². The first-order chi connectivity index (χ1) is 10.1. The third kappa shape index (κ3) is 4.15. The van der Waals surface area contributed by atoms with Crippen molar-refractivity contribution in [3.63, 3.8) is 0 Å². The number of oxime groups is 1. The summed E-state index contributed by atoms with van der Waals surface area (Å²) in [6, 6.07) is 13.6. The van der Waals surface area contributed by atoms with Gasteiger partial charge in [0, 0.05) is 26.2 Å². The molecule has 2 rings (SSSR count). The van der Waals surface area contributed by atoms with Crippen LogP contribution in [0.5, 0.6) is 5.75 Å². The van der Waals surface area contributed by atoms with E-state index in [1.54, 1.807) is 24.9 Å². The molecule has 0 spiro atoms. The molecule has 21 heavy (non-hydrogen) atoms. The first-order valence-electron chi connectivity index (χ1n) is 6.17. The highest BCUT2D eigenvalue weighted by atomic mass is 79.9. The van der Waals surface area contributed by atoms with Crippen LogP contribution in [-0.2, 0) is 5.75 Å². The summed E-state index contributed by atoms with van der Waals surface area (Å²) in [5.41, 5.74) is 7.29. The SMILES string of the molecule is COc1ccc(/C(N)=N/O)cc1CSc1ccc(Br)cc1. The van der Waals surface area contributed by atoms with Gasteiger partial charge in [-0.3, -0.25) is 0 Å². The molecule has 0 aliphatic heterocycles. The first kappa shape index (κ1) is 15.7. The summed E-state index contributed by atoms with van der Waals surface area (Å²) < 4.78 is 6.41. The Morgan fingerprint density at radius 1 is 1.29 bits per heavy atom. The summed E-state index contributed by atoms with van der Waals surface area (Å²) in [6.07, 6.45) is 0. The molecule has 0 aliphatic rings. The third-order valence-electron chi connectivity index (χ3n) is 2.89. The van der Waals surface area contributed by atoms with Crippen LogP contribution in [0.25, 0.3) is 0 Å². The van der Waals surface area contributed by atoms with Gasteiger partial charge in [0.25, 0.3) is 0 Å². The number of nitrogens with two attached hydrogens (primary N) is 1. The lowest BCUT2D eigenvalue weighted by molar-refractivity contribution is 0.318. The topological polar surface area (TPSA) is 67.8 Å². The molecule has 0 fully saturated rings. The van der Waals surface area contributed by atoms with Gasteiger partial charge in [-0.25, -0.2) is 0 Å². The molecular weight excluding hydrogens is 352 g/mol. The van der Waals surface area contributed by atoms with E-state index in [1.165, 1.54) is 0 Å². The van der Waals surface area contributed by atoms with Crippen LogP contribution in [0.2, 0.25) is 0 Å². The highest BCUT2D eigenvalue weighted by molar-refractivity contribution is 9.10. The normalized spacial score (nSPS) is 11.4. The molecule has 4 nitrogen and oxygen atoms in total. The highest BCUT2D eigenvalue weighted by Crippen LogP contribution is 2.29. The number of amidine groups is 1. The molecule has 0 radical (unpaired) electrons. The average molecular weight is 367 g/mol. The van der Waals surface area contributed by atoms with Crippen LogP contribution in [0.4, 0.5) is 0 Å². The Morgan fingerprint density at radius 3 is 2.62 bits per heavy atom. The maximum absolute atomic E-state index is 8.76. The minimum absolute atomic E-state index is 0.0903. The van der Waals surface area contributed by atoms with Crippen molar-refractivity contribution in [2.75, 3.05) is 7.11 Å². The van der Waals surface area contributed by atoms with Gasteiger partial charge in [0.1, 0.15) is 5.75 Å². The lowest BCUT2D eigenvalue weighted by atomic mass is 10.1. The predicted octanol–water partition coefficient (Wildman–Crippen LogP) is 3.84. The van der Waals surface area contributed by atoms with Crippen LogP contribution in [0.1, 0.15) is 11.1 Å². The van der Waals surface area contributed by atoms with Gasteiger partial charge in [-0.1, -0.05) is 21.1 Å². The lowest BCUT2D eigenvalue weighted by Crippen LogP contribution is -2.13. The monoisotopic (exact) mass is 366 g/mol. The Kier molecular flexibility index (Phi) is 5.52. The lowest BCUT2D eigenvalue weighted by Gasteiger charge is -2.10. The Morgan fingerprint density at radius 2 is 2.00 bits per heavy atom. The summed E-state index contributed by atoms with van der Waals surface area (Å²) in [5, 5.41) is 11.8. The van der Waals surface area contributed by atoms with E-state index in [4.69, 9.17) is 15.7 Å². The number of methoxy groups -OCH3 is 1. The molecule has 0 bridgehead atoms. The maximum atomic E-state index is 8.76. The van der Waals surface area contributed by atoms with Gasteiger partial charge in [-0.05, 0) is 42.5 Å². The second-order valence-electron chi connectivity index (χ2n) is 4.25. The molecule has 2 aromatic rings. The molecule has 0 saturated heterocycles. The smallest absolute Gasteiger partial charge is 0.170 e. The minimum atomic E-state index is 0.0903. The number of halogens is 1. The van der Waals surface area contributed by atoms with Gasteiger partial charge in [0.2, 0.25) is 0 Å². The molecule has 0 unspecified atom stereocenters. The Labute approximate surface area is 136 Å². The second kappa shape index (κ2) is 7.38. The van der Waals surface area contributed by atoms with Crippen LogP contribution in [0.15, 0.2) is 57.0 Å². The molecular formula is C15H15BrN2O2S. The molecule has 6 heteroatoms. The number of rotatable bonds is 5. The minimum Gasteiger partial charge on any atom is -0.496 e. The number of benzene rings is 2. The van der Waals surface area contributed by atoms with Crippen LogP contribution in [0.3, 0.4) is 0 Å². The number of ether oxygens (including phenoxy) is 1. The molecule has 0 atom stereocenters. The molecule has 0 amide bonds. The van der Waals surface area contributed by atoms with Crippen LogP contribution in [0, 0.1) is 0 Å². The fourth-order valence-electron chi connectivity index (χ4n) is 1.80. The zero-order valence-corrected chi connectivity index (χ0v) is 13.8. The number of thioether (sulfide) groups is 1. The van der Waals surface area contributed by atoms with Crippen molar-refractivity contribution in [2.24, 2.45) is 10.9 Å². The van der Waals surface area contributed by atoms with E-state index in [1.807, 2.05) is 24.3 Å². The van der Waals surface area contributed by atoms with Gasteiger partial charge in [0.05, 0.1) is 7.11 Å². The first-order valence-corrected chi connectivity index (χ1v) is 7.95. The van der Waals surface area contributed by atoms with E-state index in [2.05, 4.69) is 33.2 Å². The fraction of sp³-hybridized carbons (Fsp3) is 0.133. The van der Waals surface area contributed by atoms with Crippen molar-refractivity contribution in [3.05, 3.63) is 58.1 Å². The van der Waals surface area contributed by atoms with Crippen LogP contribution >= 0.6 is 27.7 Å². The zero-order chi connectivity index (χ0) is 15.2. The number of nitrogens with zero attached hydrogens (tertiary/aromatic N) is 1. The number of hydrogen-bond acceptors (Lipinski definition) is 4. The molecule has 0 saturated carbocycles. The van der Waals surface area contributed by atoms with Crippen molar-refractivity contribution < 1.29 is 9.94 Å². The van der Waals surface area contributed by atoms with Crippen molar-refractivity contribution in [3.8, 4) is 5.75 Å². The molecule has 0 aliphatic carbocycles. The van der Waals surface area contributed by atoms with Gasteiger partial charge < -0.3 is 15.7 Å². The van der Waals surface area contributed by atoms with E-state index in [9.17, 15) is 0 Å².